The number of nitrogens with one attached hydrogen (secondary N) is 2. The minimum Gasteiger partial charge on any atom is -0.354 e. The van der Waals surface area contributed by atoms with Gasteiger partial charge in [-0.1, -0.05) is 20.8 Å². The average molecular weight is 400 g/mol. The number of hydrogen-bond acceptors (Lipinski definition) is 4. The number of hydrogen-bond donors (Lipinski definition) is 2. The van der Waals surface area contributed by atoms with Gasteiger partial charge in [0.1, 0.15) is 0 Å². The highest BCUT2D eigenvalue weighted by Gasteiger charge is 2.26. The number of carbonyl (C=O) groups excluding carboxylic acids is 1. The van der Waals surface area contributed by atoms with Gasteiger partial charge < -0.3 is 10.6 Å². The van der Waals surface area contributed by atoms with Crippen LogP contribution in [0.1, 0.15) is 40.0 Å². The molecule has 7 heteroatoms. The molecule has 0 bridgehead atoms. The molecule has 2 atom stereocenters. The Hall–Kier alpha value is 0.320. The van der Waals surface area contributed by atoms with Crippen LogP contribution in [0.15, 0.2) is 0 Å². The third-order valence-corrected chi connectivity index (χ3v) is 6.13. The van der Waals surface area contributed by atoms with Crippen molar-refractivity contribution in [3.8, 4) is 0 Å². The molecule has 2 N–H and O–H groups in total. The number of piperidine rings is 1. The molecule has 0 aliphatic carbocycles. The zero-order chi connectivity index (χ0) is 15.9. The van der Waals surface area contributed by atoms with Gasteiger partial charge in [0.25, 0.3) is 0 Å². The lowest BCUT2D eigenvalue weighted by molar-refractivity contribution is -0.121. The van der Waals surface area contributed by atoms with E-state index in [2.05, 4.69) is 36.3 Å². The highest BCUT2D eigenvalue weighted by Crippen LogP contribution is 2.21. The smallest absolute Gasteiger partial charge is 0.221 e. The first-order valence-electron chi connectivity index (χ1n) is 8.88. The van der Waals surface area contributed by atoms with Crippen LogP contribution in [0.25, 0.3) is 0 Å². The lowest BCUT2D eigenvalue weighted by Crippen LogP contribution is -2.50. The first kappa shape index (κ1) is 24.3. The molecule has 0 spiro atoms. The van der Waals surface area contributed by atoms with Crippen molar-refractivity contribution in [2.24, 2.45) is 11.8 Å². The Morgan fingerprint density at radius 2 is 1.96 bits per heavy atom. The normalized spacial score (nSPS) is 23.9. The molecule has 0 saturated carbocycles. The lowest BCUT2D eigenvalue weighted by atomic mass is 9.94. The summed E-state index contributed by atoms with van der Waals surface area (Å²) in [7, 11) is 0. The highest BCUT2D eigenvalue weighted by molar-refractivity contribution is 7.99. The summed E-state index contributed by atoms with van der Waals surface area (Å²) in [6.45, 7) is 11.1. The van der Waals surface area contributed by atoms with Crippen molar-refractivity contribution in [1.29, 1.82) is 0 Å². The van der Waals surface area contributed by atoms with Gasteiger partial charge in [-0.05, 0) is 37.8 Å². The molecule has 0 aromatic carbocycles. The molecular weight excluding hydrogens is 365 g/mol. The maximum Gasteiger partial charge on any atom is 0.221 e. The number of rotatable bonds is 6. The van der Waals surface area contributed by atoms with Crippen molar-refractivity contribution in [3.63, 3.8) is 0 Å². The van der Waals surface area contributed by atoms with Gasteiger partial charge in [0.2, 0.25) is 5.91 Å². The van der Waals surface area contributed by atoms with Crippen molar-refractivity contribution in [1.82, 2.24) is 15.5 Å². The van der Waals surface area contributed by atoms with E-state index in [9.17, 15) is 4.79 Å². The second-order valence-corrected chi connectivity index (χ2v) is 8.41. The molecule has 2 rings (SSSR count). The number of amides is 1. The highest BCUT2D eigenvalue weighted by atomic mass is 35.5. The fraction of sp³-hybridized carbons (Fsp3) is 0.941. The van der Waals surface area contributed by atoms with Crippen LogP contribution in [-0.4, -0.2) is 60.6 Å². The van der Waals surface area contributed by atoms with Crippen LogP contribution in [0.3, 0.4) is 0 Å². The molecular formula is C17H35Cl2N3OS. The number of carbonyl (C=O) groups is 1. The minimum atomic E-state index is 0. The van der Waals surface area contributed by atoms with Crippen LogP contribution in [-0.2, 0) is 4.79 Å². The zero-order valence-corrected chi connectivity index (χ0v) is 17.7. The molecule has 2 unspecified atom stereocenters. The summed E-state index contributed by atoms with van der Waals surface area (Å²) >= 11 is 1.95. The van der Waals surface area contributed by atoms with E-state index in [0.29, 0.717) is 24.4 Å². The quantitative estimate of drug-likeness (QED) is 0.720. The topological polar surface area (TPSA) is 44.4 Å². The van der Waals surface area contributed by atoms with E-state index < -0.39 is 0 Å². The first-order valence-corrected chi connectivity index (χ1v) is 10.0. The SMILES string of the molecule is CC1CCN(C(CNC(=O)CC2CSCCN2)C(C)C)CC1.Cl.Cl. The van der Waals surface area contributed by atoms with Crippen LogP contribution in [0, 0.1) is 11.8 Å². The molecule has 0 aromatic rings. The van der Waals surface area contributed by atoms with E-state index in [1.807, 2.05) is 11.8 Å². The third-order valence-electron chi connectivity index (χ3n) is 5.00. The largest absolute Gasteiger partial charge is 0.354 e. The fourth-order valence-electron chi connectivity index (χ4n) is 3.41. The minimum absolute atomic E-state index is 0. The van der Waals surface area contributed by atoms with E-state index in [0.717, 1.165) is 24.8 Å². The second kappa shape index (κ2) is 12.6. The number of halogens is 2. The van der Waals surface area contributed by atoms with Gasteiger partial charge in [0.15, 0.2) is 0 Å². The summed E-state index contributed by atoms with van der Waals surface area (Å²) < 4.78 is 0. The monoisotopic (exact) mass is 399 g/mol. The standard InChI is InChI=1S/C17H33N3OS.2ClH/c1-13(2)16(20-7-4-14(3)5-8-20)11-19-17(21)10-15-12-22-9-6-18-15;;/h13-16,18H,4-12H2,1-3H3,(H,19,21);2*1H. The Kier molecular flexibility index (Phi) is 12.8. The molecule has 2 saturated heterocycles. The summed E-state index contributed by atoms with van der Waals surface area (Å²) in [5, 5.41) is 6.63. The Bertz CT molecular complexity index is 347. The predicted molar refractivity (Wildman–Crippen MR) is 110 cm³/mol. The molecule has 1 amide bonds. The van der Waals surface area contributed by atoms with Gasteiger partial charge >= 0.3 is 0 Å². The van der Waals surface area contributed by atoms with Crippen LogP contribution in [0.2, 0.25) is 0 Å². The van der Waals surface area contributed by atoms with Crippen LogP contribution in [0.4, 0.5) is 0 Å². The second-order valence-electron chi connectivity index (χ2n) is 7.26. The molecule has 4 nitrogen and oxygen atoms in total. The molecule has 144 valence electrons. The van der Waals surface area contributed by atoms with Gasteiger partial charge in [-0.2, -0.15) is 11.8 Å². The van der Waals surface area contributed by atoms with Gasteiger partial charge in [0, 0.05) is 43.1 Å². The van der Waals surface area contributed by atoms with Gasteiger partial charge in [-0.25, -0.2) is 0 Å². The summed E-state index contributed by atoms with van der Waals surface area (Å²) in [6, 6.07) is 0.831. The molecule has 2 heterocycles. The molecule has 0 aromatic heterocycles. The number of likely N-dealkylation sites (tertiary alicyclic amines) is 1. The van der Waals surface area contributed by atoms with Crippen molar-refractivity contribution >= 4 is 42.5 Å². The van der Waals surface area contributed by atoms with Crippen molar-refractivity contribution in [2.75, 3.05) is 37.7 Å². The van der Waals surface area contributed by atoms with E-state index in [4.69, 9.17) is 0 Å². The Morgan fingerprint density at radius 1 is 1.29 bits per heavy atom. The van der Waals surface area contributed by atoms with Crippen molar-refractivity contribution in [2.45, 2.75) is 52.1 Å². The maximum atomic E-state index is 12.2. The molecule has 0 radical (unpaired) electrons. The van der Waals surface area contributed by atoms with Gasteiger partial charge in [-0.3, -0.25) is 9.69 Å². The number of nitrogens with zero attached hydrogens (tertiary/aromatic N) is 1. The third kappa shape index (κ3) is 8.13. The molecule has 2 aliphatic heterocycles. The maximum absolute atomic E-state index is 12.2. The Balaban J connectivity index is 0.00000264. The molecule has 2 fully saturated rings. The molecule has 2 aliphatic rings. The van der Waals surface area contributed by atoms with Crippen molar-refractivity contribution in [3.05, 3.63) is 0 Å². The molecule has 24 heavy (non-hydrogen) atoms. The van der Waals surface area contributed by atoms with E-state index >= 15 is 0 Å². The van der Waals surface area contributed by atoms with E-state index in [1.54, 1.807) is 0 Å². The van der Waals surface area contributed by atoms with Crippen LogP contribution >= 0.6 is 36.6 Å². The van der Waals surface area contributed by atoms with E-state index in [-0.39, 0.29) is 30.7 Å². The Morgan fingerprint density at radius 3 is 2.50 bits per heavy atom. The first-order chi connectivity index (χ1) is 10.6. The summed E-state index contributed by atoms with van der Waals surface area (Å²) in [5.41, 5.74) is 0. The Labute approximate surface area is 164 Å². The zero-order valence-electron chi connectivity index (χ0n) is 15.3. The average Bonchev–Trinajstić information content (AvgIpc) is 2.50. The van der Waals surface area contributed by atoms with Gasteiger partial charge in [-0.15, -0.1) is 24.8 Å². The predicted octanol–water partition coefficient (Wildman–Crippen LogP) is 2.80. The summed E-state index contributed by atoms with van der Waals surface area (Å²) in [6.07, 6.45) is 3.20. The number of thioether (sulfide) groups is 1. The van der Waals surface area contributed by atoms with Crippen LogP contribution < -0.4 is 10.6 Å². The van der Waals surface area contributed by atoms with Gasteiger partial charge in [0.05, 0.1) is 0 Å². The van der Waals surface area contributed by atoms with E-state index in [1.165, 1.54) is 31.7 Å². The summed E-state index contributed by atoms with van der Waals surface area (Å²) in [5.74, 6) is 3.87. The van der Waals surface area contributed by atoms with Crippen molar-refractivity contribution < 1.29 is 4.79 Å². The van der Waals surface area contributed by atoms with Crippen LogP contribution in [0.5, 0.6) is 0 Å². The fourth-order valence-corrected chi connectivity index (χ4v) is 4.36. The summed E-state index contributed by atoms with van der Waals surface area (Å²) in [4.78, 5) is 14.8. The lowest BCUT2D eigenvalue weighted by Gasteiger charge is -2.39.